The van der Waals surface area contributed by atoms with Crippen molar-refractivity contribution in [1.82, 2.24) is 0 Å². The number of hydrogen-bond acceptors (Lipinski definition) is 6. The highest BCUT2D eigenvalue weighted by Gasteiger charge is 2.40. The lowest BCUT2D eigenvalue weighted by molar-refractivity contribution is -0.138. The second-order valence-electron chi connectivity index (χ2n) is 8.45. The molecule has 0 bridgehead atoms. The molecule has 1 heterocycles. The Kier molecular flexibility index (Phi) is 6.84. The van der Waals surface area contributed by atoms with E-state index in [2.05, 4.69) is 0 Å². The van der Waals surface area contributed by atoms with Gasteiger partial charge in [0.05, 0.1) is 24.3 Å². The number of benzene rings is 2. The van der Waals surface area contributed by atoms with Crippen LogP contribution >= 0.6 is 0 Å². The summed E-state index contributed by atoms with van der Waals surface area (Å²) in [5.74, 6) is -1.35. The second kappa shape index (κ2) is 9.22. The molecule has 1 aliphatic rings. The quantitative estimate of drug-likeness (QED) is 0.497. The van der Waals surface area contributed by atoms with Crippen LogP contribution in [0, 0.1) is 39.5 Å². The molecule has 0 aromatic heterocycles. The molecule has 0 spiro atoms. The lowest BCUT2D eigenvalue weighted by Gasteiger charge is -2.17. The van der Waals surface area contributed by atoms with Crippen LogP contribution < -0.4 is 9.47 Å². The van der Waals surface area contributed by atoms with E-state index in [4.69, 9.17) is 9.47 Å². The van der Waals surface area contributed by atoms with Crippen molar-refractivity contribution in [3.8, 4) is 11.5 Å². The fraction of sp³-hybridized carbons (Fsp3) is 0.417. The van der Waals surface area contributed by atoms with Crippen molar-refractivity contribution >= 4 is 21.8 Å². The molecule has 0 N–H and O–H groups in total. The maximum Gasteiger partial charge on any atom is 0.311 e. The van der Waals surface area contributed by atoms with E-state index in [1.807, 2.05) is 39.8 Å². The number of carbonyl (C=O) groups excluding carboxylic acids is 2. The molecule has 0 radical (unpaired) electrons. The first kappa shape index (κ1) is 23.0. The van der Waals surface area contributed by atoms with Crippen molar-refractivity contribution in [3.05, 3.63) is 58.7 Å². The Bertz CT molecular complexity index is 1020. The van der Waals surface area contributed by atoms with E-state index in [1.54, 1.807) is 24.3 Å². The lowest BCUT2D eigenvalue weighted by Crippen LogP contribution is -2.23. The molecule has 7 heteroatoms. The van der Waals surface area contributed by atoms with Gasteiger partial charge in [0, 0.05) is 0 Å². The molecule has 1 saturated heterocycles. The summed E-state index contributed by atoms with van der Waals surface area (Å²) in [7, 11) is -3.32. The minimum atomic E-state index is -3.32. The summed E-state index contributed by atoms with van der Waals surface area (Å²) in [5.41, 5.74) is 4.18. The van der Waals surface area contributed by atoms with Crippen molar-refractivity contribution in [1.29, 1.82) is 0 Å². The van der Waals surface area contributed by atoms with Gasteiger partial charge in [-0.25, -0.2) is 8.42 Å². The SMILES string of the molecule is Cc1ccc(OC(=O)CC2CS(=O)(=O)CC2CC(=O)Oc2ccc(C)c(C)c2)cc1C. The van der Waals surface area contributed by atoms with Gasteiger partial charge in [-0.1, -0.05) is 12.1 Å². The number of hydrogen-bond donors (Lipinski definition) is 0. The summed E-state index contributed by atoms with van der Waals surface area (Å²) in [5, 5.41) is 0. The van der Waals surface area contributed by atoms with Crippen LogP contribution in [0.1, 0.15) is 35.1 Å². The Morgan fingerprint density at radius 3 is 1.48 bits per heavy atom. The maximum absolute atomic E-state index is 12.4. The van der Waals surface area contributed by atoms with Crippen LogP contribution in [0.2, 0.25) is 0 Å². The first-order valence-corrected chi connectivity index (χ1v) is 12.1. The molecular formula is C24H28O6S. The van der Waals surface area contributed by atoms with Crippen molar-refractivity contribution < 1.29 is 27.5 Å². The third kappa shape index (κ3) is 6.17. The first-order chi connectivity index (χ1) is 14.5. The van der Waals surface area contributed by atoms with Gasteiger partial charge in [0.2, 0.25) is 0 Å². The highest BCUT2D eigenvalue weighted by atomic mass is 32.2. The molecular weight excluding hydrogens is 416 g/mol. The van der Waals surface area contributed by atoms with Gasteiger partial charge in [0.15, 0.2) is 9.84 Å². The molecule has 0 aliphatic carbocycles. The van der Waals surface area contributed by atoms with E-state index in [0.717, 1.165) is 22.3 Å². The zero-order valence-corrected chi connectivity index (χ0v) is 19.1. The molecule has 31 heavy (non-hydrogen) atoms. The minimum absolute atomic E-state index is 0.0618. The number of ether oxygens (including phenoxy) is 2. The van der Waals surface area contributed by atoms with Gasteiger partial charge in [-0.3, -0.25) is 9.59 Å². The van der Waals surface area contributed by atoms with Gasteiger partial charge < -0.3 is 9.47 Å². The van der Waals surface area contributed by atoms with Gasteiger partial charge in [0.25, 0.3) is 0 Å². The van der Waals surface area contributed by atoms with Crippen LogP contribution in [0.15, 0.2) is 36.4 Å². The number of carbonyl (C=O) groups is 2. The molecule has 2 aromatic carbocycles. The van der Waals surface area contributed by atoms with Gasteiger partial charge >= 0.3 is 11.9 Å². The van der Waals surface area contributed by atoms with E-state index in [9.17, 15) is 18.0 Å². The minimum Gasteiger partial charge on any atom is -0.427 e. The number of rotatable bonds is 6. The second-order valence-corrected chi connectivity index (χ2v) is 10.6. The van der Waals surface area contributed by atoms with Crippen LogP contribution in [0.5, 0.6) is 11.5 Å². The fourth-order valence-corrected chi connectivity index (χ4v) is 5.99. The Hall–Kier alpha value is -2.67. The Morgan fingerprint density at radius 1 is 0.742 bits per heavy atom. The third-order valence-electron chi connectivity index (χ3n) is 5.88. The fourth-order valence-electron chi connectivity index (χ4n) is 3.77. The largest absolute Gasteiger partial charge is 0.427 e. The van der Waals surface area contributed by atoms with Crippen molar-refractivity contribution in [2.75, 3.05) is 11.5 Å². The van der Waals surface area contributed by atoms with Crippen LogP contribution in [-0.4, -0.2) is 31.9 Å². The highest BCUT2D eigenvalue weighted by Crippen LogP contribution is 2.32. The molecule has 0 saturated carbocycles. The zero-order valence-electron chi connectivity index (χ0n) is 18.3. The van der Waals surface area contributed by atoms with Crippen molar-refractivity contribution in [2.24, 2.45) is 11.8 Å². The average Bonchev–Trinajstić information content (AvgIpc) is 2.94. The maximum atomic E-state index is 12.4. The van der Waals surface area contributed by atoms with Crippen LogP contribution in [0.4, 0.5) is 0 Å². The molecule has 2 aromatic rings. The van der Waals surface area contributed by atoms with Crippen LogP contribution in [0.25, 0.3) is 0 Å². The normalized spacial score (nSPS) is 19.7. The summed E-state index contributed by atoms with van der Waals surface area (Å²) < 4.78 is 35.2. The van der Waals surface area contributed by atoms with Gasteiger partial charge in [-0.15, -0.1) is 0 Å². The van der Waals surface area contributed by atoms with E-state index in [1.165, 1.54) is 0 Å². The van der Waals surface area contributed by atoms with Crippen LogP contribution in [0.3, 0.4) is 0 Å². The molecule has 0 amide bonds. The van der Waals surface area contributed by atoms with Crippen molar-refractivity contribution in [2.45, 2.75) is 40.5 Å². The summed E-state index contributed by atoms with van der Waals surface area (Å²) in [6.07, 6.45) is -0.124. The highest BCUT2D eigenvalue weighted by molar-refractivity contribution is 7.91. The third-order valence-corrected chi connectivity index (χ3v) is 7.75. The van der Waals surface area contributed by atoms with Crippen molar-refractivity contribution in [3.63, 3.8) is 0 Å². The Morgan fingerprint density at radius 2 is 1.13 bits per heavy atom. The summed E-state index contributed by atoms with van der Waals surface area (Å²) >= 11 is 0. The topological polar surface area (TPSA) is 86.7 Å². The van der Waals surface area contributed by atoms with Crippen LogP contribution in [-0.2, 0) is 19.4 Å². The molecule has 1 aliphatic heterocycles. The average molecular weight is 445 g/mol. The summed E-state index contributed by atoms with van der Waals surface area (Å²) in [6.45, 7) is 7.78. The van der Waals surface area contributed by atoms with E-state index in [0.29, 0.717) is 11.5 Å². The molecule has 1 fully saturated rings. The first-order valence-electron chi connectivity index (χ1n) is 10.3. The van der Waals surface area contributed by atoms with E-state index >= 15 is 0 Å². The molecule has 3 rings (SSSR count). The predicted molar refractivity (Wildman–Crippen MR) is 118 cm³/mol. The number of sulfone groups is 1. The van der Waals surface area contributed by atoms with Gasteiger partial charge in [-0.05, 0) is 86.1 Å². The van der Waals surface area contributed by atoms with Gasteiger partial charge in [-0.2, -0.15) is 0 Å². The Balaban J connectivity index is 1.63. The molecule has 2 unspecified atom stereocenters. The van der Waals surface area contributed by atoms with Gasteiger partial charge in [0.1, 0.15) is 11.5 Å². The van der Waals surface area contributed by atoms with E-state index < -0.39 is 33.6 Å². The number of esters is 2. The Labute approximate surface area is 183 Å². The monoisotopic (exact) mass is 444 g/mol. The van der Waals surface area contributed by atoms with E-state index in [-0.39, 0.29) is 24.3 Å². The summed E-state index contributed by atoms with van der Waals surface area (Å²) in [4.78, 5) is 24.9. The zero-order chi connectivity index (χ0) is 22.8. The standard InChI is InChI=1S/C24H28O6S/c1-15-5-7-21(9-17(15)3)29-23(25)11-19-13-31(27,28)14-20(19)12-24(26)30-22-8-6-16(2)18(4)10-22/h5-10,19-20H,11-14H2,1-4H3. The number of aryl methyl sites for hydroxylation is 4. The smallest absolute Gasteiger partial charge is 0.311 e. The summed E-state index contributed by atoms with van der Waals surface area (Å²) in [6, 6.07) is 10.7. The molecule has 6 nitrogen and oxygen atoms in total. The molecule has 166 valence electrons. The molecule has 2 atom stereocenters. The lowest BCUT2D eigenvalue weighted by atomic mass is 9.90. The predicted octanol–water partition coefficient (Wildman–Crippen LogP) is 3.87.